The van der Waals surface area contributed by atoms with Gasteiger partial charge in [0, 0.05) is 12.8 Å². The average Bonchev–Trinajstić information content (AvgIpc) is 2.00. The third kappa shape index (κ3) is 4.18. The molecule has 66 valence electrons. The molecule has 0 aromatic heterocycles. The van der Waals surface area contributed by atoms with Gasteiger partial charge in [-0.05, 0) is 18.3 Å². The summed E-state index contributed by atoms with van der Waals surface area (Å²) in [6.45, 7) is 8.47. The Labute approximate surface area is 70.2 Å². The van der Waals surface area contributed by atoms with E-state index in [1.807, 2.05) is 13.8 Å². The summed E-state index contributed by atoms with van der Waals surface area (Å²) in [5.41, 5.74) is 0.438. The number of rotatable bonds is 0. The Bertz CT molecular complexity index is 113. The van der Waals surface area contributed by atoms with Crippen LogP contribution < -0.4 is 0 Å². The second kappa shape index (κ2) is 4.53. The van der Waals surface area contributed by atoms with Gasteiger partial charge in [0.25, 0.3) is 0 Å². The van der Waals surface area contributed by atoms with Crippen molar-refractivity contribution in [2.75, 3.05) is 0 Å². The fourth-order valence-electron chi connectivity index (χ4n) is 1.21. The highest BCUT2D eigenvalue weighted by Gasteiger charge is 2.24. The SMILES string of the molecule is CC.CC1(C)CCC(=O)CC1. The zero-order valence-electron chi connectivity index (χ0n) is 8.24. The van der Waals surface area contributed by atoms with Crippen molar-refractivity contribution in [3.63, 3.8) is 0 Å². The van der Waals surface area contributed by atoms with Gasteiger partial charge in [0.15, 0.2) is 0 Å². The van der Waals surface area contributed by atoms with E-state index < -0.39 is 0 Å². The molecule has 0 spiro atoms. The van der Waals surface area contributed by atoms with Gasteiger partial charge in [-0.3, -0.25) is 4.79 Å². The molecule has 0 amide bonds. The molecule has 0 aromatic rings. The highest BCUT2D eigenvalue weighted by Crippen LogP contribution is 2.32. The van der Waals surface area contributed by atoms with Crippen molar-refractivity contribution in [2.24, 2.45) is 5.41 Å². The van der Waals surface area contributed by atoms with E-state index in [0.29, 0.717) is 11.2 Å². The van der Waals surface area contributed by atoms with Crippen LogP contribution in [0.1, 0.15) is 53.4 Å². The molecular weight excluding hydrogens is 136 g/mol. The number of hydrogen-bond donors (Lipinski definition) is 0. The summed E-state index contributed by atoms with van der Waals surface area (Å²) in [5, 5.41) is 0. The molecule has 0 atom stereocenters. The van der Waals surface area contributed by atoms with Crippen molar-refractivity contribution in [1.82, 2.24) is 0 Å². The third-order valence-corrected chi connectivity index (χ3v) is 2.16. The predicted molar refractivity (Wildman–Crippen MR) is 48.6 cm³/mol. The maximum Gasteiger partial charge on any atom is 0.132 e. The fourth-order valence-corrected chi connectivity index (χ4v) is 1.21. The van der Waals surface area contributed by atoms with Crippen LogP contribution in [0.4, 0.5) is 0 Å². The molecule has 1 fully saturated rings. The van der Waals surface area contributed by atoms with Crippen molar-refractivity contribution < 1.29 is 4.79 Å². The van der Waals surface area contributed by atoms with Crippen molar-refractivity contribution >= 4 is 5.78 Å². The van der Waals surface area contributed by atoms with Crippen molar-refractivity contribution in [2.45, 2.75) is 53.4 Å². The smallest absolute Gasteiger partial charge is 0.132 e. The maximum absolute atomic E-state index is 10.8. The normalized spacial score (nSPS) is 22.0. The second-order valence-electron chi connectivity index (χ2n) is 3.70. The fraction of sp³-hybridized carbons (Fsp3) is 0.900. The summed E-state index contributed by atoms with van der Waals surface area (Å²) in [6, 6.07) is 0. The highest BCUT2D eigenvalue weighted by molar-refractivity contribution is 5.79. The Morgan fingerprint density at radius 3 is 1.73 bits per heavy atom. The molecule has 1 nitrogen and oxygen atoms in total. The Kier molecular flexibility index (Phi) is 4.39. The minimum Gasteiger partial charge on any atom is -0.300 e. The molecule has 1 aliphatic carbocycles. The molecule has 11 heavy (non-hydrogen) atoms. The quantitative estimate of drug-likeness (QED) is 0.526. The molecule has 0 radical (unpaired) electrons. The number of carbonyl (C=O) groups is 1. The van der Waals surface area contributed by atoms with Crippen molar-refractivity contribution in [1.29, 1.82) is 0 Å². The highest BCUT2D eigenvalue weighted by atomic mass is 16.1. The van der Waals surface area contributed by atoms with Gasteiger partial charge in [-0.15, -0.1) is 0 Å². The van der Waals surface area contributed by atoms with Crippen LogP contribution in [0.25, 0.3) is 0 Å². The van der Waals surface area contributed by atoms with Gasteiger partial charge in [-0.25, -0.2) is 0 Å². The lowest BCUT2D eigenvalue weighted by Crippen LogP contribution is -2.20. The van der Waals surface area contributed by atoms with E-state index in [0.717, 1.165) is 25.7 Å². The molecular formula is C10H20O. The summed E-state index contributed by atoms with van der Waals surface area (Å²) >= 11 is 0. The molecule has 0 heterocycles. The van der Waals surface area contributed by atoms with Crippen LogP contribution in [0.3, 0.4) is 0 Å². The van der Waals surface area contributed by atoms with Crippen LogP contribution in [0, 0.1) is 5.41 Å². The Morgan fingerprint density at radius 2 is 1.45 bits per heavy atom. The molecule has 1 rings (SSSR count). The largest absolute Gasteiger partial charge is 0.300 e. The lowest BCUT2D eigenvalue weighted by Gasteiger charge is -2.27. The number of Topliss-reactive ketones (excluding diaryl/α,β-unsaturated/α-hetero) is 1. The van der Waals surface area contributed by atoms with E-state index in [4.69, 9.17) is 0 Å². The van der Waals surface area contributed by atoms with E-state index in [9.17, 15) is 4.79 Å². The van der Waals surface area contributed by atoms with Crippen LogP contribution in [0.15, 0.2) is 0 Å². The molecule has 0 aromatic carbocycles. The minimum atomic E-state index is 0.438. The summed E-state index contributed by atoms with van der Waals surface area (Å²) in [6.07, 6.45) is 3.80. The Balaban J connectivity index is 0.000000461. The van der Waals surface area contributed by atoms with E-state index in [-0.39, 0.29) is 0 Å². The van der Waals surface area contributed by atoms with Crippen molar-refractivity contribution in [3.05, 3.63) is 0 Å². The second-order valence-corrected chi connectivity index (χ2v) is 3.70. The monoisotopic (exact) mass is 156 g/mol. The Hall–Kier alpha value is -0.330. The summed E-state index contributed by atoms with van der Waals surface area (Å²) < 4.78 is 0. The molecule has 1 aliphatic rings. The minimum absolute atomic E-state index is 0.438. The zero-order chi connectivity index (χ0) is 8.91. The van der Waals surface area contributed by atoms with E-state index >= 15 is 0 Å². The van der Waals surface area contributed by atoms with Crippen LogP contribution >= 0.6 is 0 Å². The summed E-state index contributed by atoms with van der Waals surface area (Å²) in [5.74, 6) is 0.453. The molecule has 0 N–H and O–H groups in total. The average molecular weight is 156 g/mol. The van der Waals surface area contributed by atoms with Crippen LogP contribution in [-0.2, 0) is 4.79 Å². The lowest BCUT2D eigenvalue weighted by molar-refractivity contribution is -0.121. The van der Waals surface area contributed by atoms with Gasteiger partial charge in [-0.1, -0.05) is 27.7 Å². The van der Waals surface area contributed by atoms with Gasteiger partial charge >= 0.3 is 0 Å². The lowest BCUT2D eigenvalue weighted by atomic mass is 9.77. The Morgan fingerprint density at radius 1 is 1.09 bits per heavy atom. The van der Waals surface area contributed by atoms with Crippen LogP contribution in [0.5, 0.6) is 0 Å². The van der Waals surface area contributed by atoms with E-state index in [1.165, 1.54) is 0 Å². The number of hydrogen-bond acceptors (Lipinski definition) is 1. The van der Waals surface area contributed by atoms with E-state index in [1.54, 1.807) is 0 Å². The summed E-state index contributed by atoms with van der Waals surface area (Å²) in [4.78, 5) is 10.8. The van der Waals surface area contributed by atoms with Crippen molar-refractivity contribution in [3.8, 4) is 0 Å². The predicted octanol–water partition coefficient (Wildman–Crippen LogP) is 3.18. The molecule has 0 bridgehead atoms. The van der Waals surface area contributed by atoms with Gasteiger partial charge in [-0.2, -0.15) is 0 Å². The van der Waals surface area contributed by atoms with Gasteiger partial charge in [0.05, 0.1) is 0 Å². The topological polar surface area (TPSA) is 17.1 Å². The first-order valence-corrected chi connectivity index (χ1v) is 4.62. The van der Waals surface area contributed by atoms with Gasteiger partial charge in [0.1, 0.15) is 5.78 Å². The van der Waals surface area contributed by atoms with E-state index in [2.05, 4.69) is 13.8 Å². The third-order valence-electron chi connectivity index (χ3n) is 2.16. The summed E-state index contributed by atoms with van der Waals surface area (Å²) in [7, 11) is 0. The molecule has 1 heteroatoms. The standard InChI is InChI=1S/C8H14O.C2H6/c1-8(2)5-3-7(9)4-6-8;1-2/h3-6H2,1-2H3;1-2H3. The molecule has 1 saturated carbocycles. The van der Waals surface area contributed by atoms with Crippen LogP contribution in [-0.4, -0.2) is 5.78 Å². The molecule has 0 saturated heterocycles. The van der Waals surface area contributed by atoms with Gasteiger partial charge < -0.3 is 0 Å². The number of carbonyl (C=O) groups excluding carboxylic acids is 1. The molecule has 0 aliphatic heterocycles. The number of ketones is 1. The first-order valence-electron chi connectivity index (χ1n) is 4.62. The molecule has 0 unspecified atom stereocenters. The first-order chi connectivity index (χ1) is 5.10. The van der Waals surface area contributed by atoms with Gasteiger partial charge in [0.2, 0.25) is 0 Å². The zero-order valence-corrected chi connectivity index (χ0v) is 8.24. The maximum atomic E-state index is 10.8. The van der Waals surface area contributed by atoms with Crippen LogP contribution in [0.2, 0.25) is 0 Å². The first kappa shape index (κ1) is 10.7.